The summed E-state index contributed by atoms with van der Waals surface area (Å²) in [4.78, 5) is 21.7. The van der Waals surface area contributed by atoms with Crippen molar-refractivity contribution in [1.82, 2.24) is 5.32 Å². The molecule has 0 aromatic rings. The van der Waals surface area contributed by atoms with E-state index in [2.05, 4.69) is 10.7 Å². The number of amides is 3. The smallest absolute Gasteiger partial charge is 0.351 e. The molecule has 6 heteroatoms. The summed E-state index contributed by atoms with van der Waals surface area (Å²) in [6, 6.07) is -1.16. The molecule has 0 saturated carbocycles. The number of halogens is 1. The van der Waals surface area contributed by atoms with Crippen LogP contribution in [0.4, 0.5) is 14.1 Å². The Hall–Kier alpha value is -1.33. The minimum Gasteiger partial charge on any atom is -0.351 e. The van der Waals surface area contributed by atoms with Gasteiger partial charge >= 0.3 is 12.1 Å². The van der Waals surface area contributed by atoms with E-state index in [0.29, 0.717) is 0 Å². The summed E-state index contributed by atoms with van der Waals surface area (Å²) < 4.78 is 10.6. The van der Waals surface area contributed by atoms with Crippen LogP contribution in [0.25, 0.3) is 0 Å². The molecule has 0 aliphatic heterocycles. The minimum absolute atomic E-state index is 1.16. The third-order valence-corrected chi connectivity index (χ3v) is 0.295. The van der Waals surface area contributed by atoms with E-state index in [4.69, 9.17) is 0 Å². The molecule has 5 nitrogen and oxygen atoms in total. The summed E-state index contributed by atoms with van der Waals surface area (Å²) >= 11 is 0. The van der Waals surface area contributed by atoms with Crippen LogP contribution in [0.15, 0.2) is 0 Å². The van der Waals surface area contributed by atoms with E-state index in [1.807, 2.05) is 0 Å². The van der Waals surface area contributed by atoms with Crippen LogP contribution < -0.4 is 11.1 Å². The predicted molar refractivity (Wildman–Crippen MR) is 20.3 cm³/mol. The molecule has 0 saturated heterocycles. The quantitative estimate of drug-likeness (QED) is 0.461. The molecule has 0 aliphatic carbocycles. The number of hydrogen-bond acceptors (Lipinski definition) is 3. The van der Waals surface area contributed by atoms with E-state index in [1.165, 1.54) is 5.32 Å². The van der Waals surface area contributed by atoms with E-state index in [9.17, 15) is 14.1 Å². The number of nitrogens with two attached hydrogens (primary N) is 1. The molecular formula is C2H3FN2O3. The maximum atomic E-state index is 10.6. The molecule has 0 aliphatic rings. The van der Waals surface area contributed by atoms with Crippen molar-refractivity contribution >= 4 is 12.1 Å². The van der Waals surface area contributed by atoms with Gasteiger partial charge in [0.05, 0.1) is 0 Å². The monoisotopic (exact) mass is 122 g/mol. The Morgan fingerprint density at radius 1 is 1.62 bits per heavy atom. The number of urea groups is 1. The van der Waals surface area contributed by atoms with Crippen molar-refractivity contribution in [3.05, 3.63) is 0 Å². The predicted octanol–water partition coefficient (Wildman–Crippen LogP) is -0.324. The third kappa shape index (κ3) is 2.88. The van der Waals surface area contributed by atoms with Gasteiger partial charge in [-0.3, -0.25) is 0 Å². The lowest BCUT2D eigenvalue weighted by atomic mass is 11.0. The van der Waals surface area contributed by atoms with Gasteiger partial charge in [-0.25, -0.2) is 19.8 Å². The van der Waals surface area contributed by atoms with E-state index in [0.717, 1.165) is 0 Å². The first-order chi connectivity index (χ1) is 3.66. The third-order valence-electron chi connectivity index (χ3n) is 0.295. The van der Waals surface area contributed by atoms with Crippen molar-refractivity contribution in [3.8, 4) is 0 Å². The first kappa shape index (κ1) is 6.67. The highest BCUT2D eigenvalue weighted by atomic mass is 19.3. The molecule has 0 bridgehead atoms. The highest BCUT2D eigenvalue weighted by Gasteiger charge is 2.02. The Bertz CT molecular complexity index is 114. The van der Waals surface area contributed by atoms with Crippen molar-refractivity contribution in [2.24, 2.45) is 5.73 Å². The van der Waals surface area contributed by atoms with Gasteiger partial charge in [-0.05, 0) is 0 Å². The number of imide groups is 1. The Balaban J connectivity index is 3.40. The molecule has 0 spiro atoms. The zero-order valence-corrected chi connectivity index (χ0v) is 3.68. The van der Waals surface area contributed by atoms with Gasteiger partial charge in [0.25, 0.3) is 0 Å². The summed E-state index contributed by atoms with van der Waals surface area (Å²) in [7, 11) is 0. The molecule has 0 fully saturated rings. The SMILES string of the molecule is NC(=O)NC(=O)OF. The van der Waals surface area contributed by atoms with Crippen LogP contribution in [-0.4, -0.2) is 12.1 Å². The van der Waals surface area contributed by atoms with Gasteiger partial charge in [0.15, 0.2) is 0 Å². The lowest BCUT2D eigenvalue weighted by Gasteiger charge is -1.89. The second kappa shape index (κ2) is 2.78. The maximum absolute atomic E-state index is 10.6. The summed E-state index contributed by atoms with van der Waals surface area (Å²) in [6.45, 7) is 0. The Kier molecular flexibility index (Phi) is 2.32. The molecule has 3 amide bonds. The number of carbonyl (C=O) groups is 2. The van der Waals surface area contributed by atoms with Gasteiger partial charge in [0.2, 0.25) is 0 Å². The Morgan fingerprint density at radius 2 is 2.12 bits per heavy atom. The minimum atomic E-state index is -1.52. The van der Waals surface area contributed by atoms with Crippen LogP contribution in [0, 0.1) is 0 Å². The van der Waals surface area contributed by atoms with E-state index < -0.39 is 12.1 Å². The molecule has 0 unspecified atom stereocenters. The topological polar surface area (TPSA) is 81.4 Å². The molecule has 0 radical (unpaired) electrons. The Morgan fingerprint density at radius 3 is 2.25 bits per heavy atom. The maximum Gasteiger partial charge on any atom is 0.452 e. The van der Waals surface area contributed by atoms with Gasteiger partial charge in [0.1, 0.15) is 0 Å². The number of nitrogens with one attached hydrogen (secondary N) is 1. The number of carbonyl (C=O) groups excluding carboxylic acids is 2. The van der Waals surface area contributed by atoms with Crippen LogP contribution in [0.2, 0.25) is 0 Å². The van der Waals surface area contributed by atoms with Gasteiger partial charge < -0.3 is 5.73 Å². The standard InChI is InChI=1S/C2H3FN2O3/c3-8-2(7)5-1(4)6/h(H3,4,5,6,7). The molecule has 3 N–H and O–H groups in total. The highest BCUT2D eigenvalue weighted by Crippen LogP contribution is 1.73. The molecule has 46 valence electrons. The number of primary amides is 1. The molecule has 0 aromatic heterocycles. The average molecular weight is 122 g/mol. The van der Waals surface area contributed by atoms with Gasteiger partial charge in [-0.15, -0.1) is 0 Å². The molecule has 0 heterocycles. The van der Waals surface area contributed by atoms with Gasteiger partial charge in [0, 0.05) is 4.53 Å². The first-order valence-corrected chi connectivity index (χ1v) is 1.56. The average Bonchev–Trinajstić information content (AvgIpc) is 1.65. The van der Waals surface area contributed by atoms with Crippen molar-refractivity contribution in [2.45, 2.75) is 0 Å². The summed E-state index contributed by atoms with van der Waals surface area (Å²) in [6.07, 6.45) is -1.52. The normalized spacial score (nSPS) is 7.62. The summed E-state index contributed by atoms with van der Waals surface area (Å²) in [5, 5.41) is 1.30. The molecule has 8 heavy (non-hydrogen) atoms. The van der Waals surface area contributed by atoms with Crippen molar-refractivity contribution in [1.29, 1.82) is 0 Å². The zero-order chi connectivity index (χ0) is 6.57. The van der Waals surface area contributed by atoms with E-state index >= 15 is 0 Å². The lowest BCUT2D eigenvalue weighted by molar-refractivity contribution is -0.0605. The largest absolute Gasteiger partial charge is 0.452 e. The first-order valence-electron chi connectivity index (χ1n) is 1.56. The summed E-state index contributed by atoms with van der Waals surface area (Å²) in [5.74, 6) is 0. The fourth-order valence-corrected chi connectivity index (χ4v) is 0.120. The molecule has 0 atom stereocenters. The molecule has 0 aromatic carbocycles. The van der Waals surface area contributed by atoms with Crippen molar-refractivity contribution in [2.75, 3.05) is 0 Å². The van der Waals surface area contributed by atoms with Crippen LogP contribution in [0.1, 0.15) is 0 Å². The second-order valence-corrected chi connectivity index (χ2v) is 0.854. The fourth-order valence-electron chi connectivity index (χ4n) is 0.120. The highest BCUT2D eigenvalue weighted by molar-refractivity contribution is 5.89. The number of rotatable bonds is 0. The molecular weight excluding hydrogens is 119 g/mol. The number of hydrogen-bond donors (Lipinski definition) is 2. The van der Waals surface area contributed by atoms with E-state index in [-0.39, 0.29) is 0 Å². The van der Waals surface area contributed by atoms with E-state index in [1.54, 1.807) is 0 Å². The van der Waals surface area contributed by atoms with Crippen LogP contribution >= 0.6 is 0 Å². The van der Waals surface area contributed by atoms with Crippen molar-refractivity contribution < 1.29 is 19.1 Å². The van der Waals surface area contributed by atoms with Crippen molar-refractivity contribution in [3.63, 3.8) is 0 Å². The van der Waals surface area contributed by atoms with Crippen LogP contribution in [-0.2, 0) is 4.94 Å². The second-order valence-electron chi connectivity index (χ2n) is 0.854. The fraction of sp³-hybridized carbons (Fsp3) is 0. The van der Waals surface area contributed by atoms with Gasteiger partial charge in [-0.2, -0.15) is 0 Å². The Labute approximate surface area is 43.5 Å². The van der Waals surface area contributed by atoms with Crippen LogP contribution in [0.5, 0.6) is 0 Å². The van der Waals surface area contributed by atoms with Gasteiger partial charge in [-0.1, -0.05) is 0 Å². The zero-order valence-electron chi connectivity index (χ0n) is 3.68. The lowest BCUT2D eigenvalue weighted by Crippen LogP contribution is -2.34. The summed E-state index contributed by atoms with van der Waals surface area (Å²) in [5.41, 5.74) is 4.35. The molecule has 0 rings (SSSR count). The van der Waals surface area contributed by atoms with Crippen LogP contribution in [0.3, 0.4) is 0 Å².